The molecule has 0 aromatic heterocycles. The Kier molecular flexibility index (Phi) is 6.62. The highest BCUT2D eigenvalue weighted by molar-refractivity contribution is 5.74. The first-order valence-corrected chi connectivity index (χ1v) is 7.04. The standard InChI is InChI=1S/C13H25N3O3/c1-2-9(7-12(17)18)8-15-13(19)16-11-6-4-3-5-10(11)14/h9-11H,2-8,14H2,1H3,(H,17,18)(H2,15,16,19). The zero-order chi connectivity index (χ0) is 14.3. The molecular weight excluding hydrogens is 246 g/mol. The SMILES string of the molecule is CCC(CNC(=O)NC1CCCCC1N)CC(=O)O. The molecule has 6 nitrogen and oxygen atoms in total. The van der Waals surface area contributed by atoms with E-state index in [1.807, 2.05) is 6.92 Å². The van der Waals surface area contributed by atoms with E-state index in [1.54, 1.807) is 0 Å². The molecule has 1 aliphatic carbocycles. The van der Waals surface area contributed by atoms with Crippen LogP contribution in [0.2, 0.25) is 0 Å². The molecule has 3 atom stereocenters. The predicted octanol–water partition coefficient (Wildman–Crippen LogP) is 1.06. The van der Waals surface area contributed by atoms with Crippen molar-refractivity contribution in [3.8, 4) is 0 Å². The zero-order valence-corrected chi connectivity index (χ0v) is 11.5. The Morgan fingerprint density at radius 3 is 2.63 bits per heavy atom. The zero-order valence-electron chi connectivity index (χ0n) is 11.5. The highest BCUT2D eigenvalue weighted by Gasteiger charge is 2.23. The number of aliphatic carboxylic acids is 1. The third kappa shape index (κ3) is 5.92. The van der Waals surface area contributed by atoms with Crippen LogP contribution in [0.15, 0.2) is 0 Å². The Labute approximate surface area is 114 Å². The summed E-state index contributed by atoms with van der Waals surface area (Å²) < 4.78 is 0. The lowest BCUT2D eigenvalue weighted by Crippen LogP contribution is -2.52. The summed E-state index contributed by atoms with van der Waals surface area (Å²) >= 11 is 0. The molecule has 0 heterocycles. The van der Waals surface area contributed by atoms with Gasteiger partial charge in [0.25, 0.3) is 0 Å². The van der Waals surface area contributed by atoms with Crippen molar-refractivity contribution in [2.24, 2.45) is 11.7 Å². The van der Waals surface area contributed by atoms with E-state index in [0.717, 1.165) is 32.1 Å². The molecule has 1 rings (SSSR count). The van der Waals surface area contributed by atoms with Gasteiger partial charge in [-0.1, -0.05) is 26.2 Å². The molecule has 5 N–H and O–H groups in total. The second-order valence-corrected chi connectivity index (χ2v) is 5.28. The fourth-order valence-corrected chi connectivity index (χ4v) is 2.40. The lowest BCUT2D eigenvalue weighted by atomic mass is 9.91. The monoisotopic (exact) mass is 271 g/mol. The maximum absolute atomic E-state index is 11.7. The third-order valence-corrected chi connectivity index (χ3v) is 3.73. The van der Waals surface area contributed by atoms with Crippen molar-refractivity contribution in [1.29, 1.82) is 0 Å². The molecule has 0 aromatic rings. The van der Waals surface area contributed by atoms with Crippen molar-refractivity contribution in [3.05, 3.63) is 0 Å². The normalized spacial score (nSPS) is 24.5. The van der Waals surface area contributed by atoms with Gasteiger partial charge in [0.2, 0.25) is 0 Å². The van der Waals surface area contributed by atoms with Gasteiger partial charge in [0.15, 0.2) is 0 Å². The third-order valence-electron chi connectivity index (χ3n) is 3.73. The number of carbonyl (C=O) groups excluding carboxylic acids is 1. The second-order valence-electron chi connectivity index (χ2n) is 5.28. The number of carboxylic acids is 1. The van der Waals surface area contributed by atoms with Crippen LogP contribution >= 0.6 is 0 Å². The van der Waals surface area contributed by atoms with Crippen molar-refractivity contribution in [3.63, 3.8) is 0 Å². The predicted molar refractivity (Wildman–Crippen MR) is 72.8 cm³/mol. The number of hydrogen-bond donors (Lipinski definition) is 4. The van der Waals surface area contributed by atoms with E-state index in [0.29, 0.717) is 6.54 Å². The number of carbonyl (C=O) groups is 2. The van der Waals surface area contributed by atoms with Crippen LogP contribution in [0.1, 0.15) is 45.4 Å². The molecule has 0 bridgehead atoms. The van der Waals surface area contributed by atoms with E-state index in [1.165, 1.54) is 0 Å². The van der Waals surface area contributed by atoms with E-state index in [9.17, 15) is 9.59 Å². The number of nitrogens with two attached hydrogens (primary N) is 1. The topological polar surface area (TPSA) is 104 Å². The van der Waals surface area contributed by atoms with Crippen LogP contribution in [0.25, 0.3) is 0 Å². The summed E-state index contributed by atoms with van der Waals surface area (Å²) in [6.45, 7) is 2.31. The molecule has 1 fully saturated rings. The van der Waals surface area contributed by atoms with Gasteiger partial charge < -0.3 is 21.5 Å². The lowest BCUT2D eigenvalue weighted by molar-refractivity contribution is -0.138. The van der Waals surface area contributed by atoms with Crippen LogP contribution in [0, 0.1) is 5.92 Å². The minimum Gasteiger partial charge on any atom is -0.481 e. The summed E-state index contributed by atoms with van der Waals surface area (Å²) in [5.41, 5.74) is 5.96. The summed E-state index contributed by atoms with van der Waals surface area (Å²) in [6, 6.07) is -0.181. The number of amides is 2. The molecule has 0 spiro atoms. The van der Waals surface area contributed by atoms with Gasteiger partial charge in [-0.15, -0.1) is 0 Å². The first-order valence-electron chi connectivity index (χ1n) is 7.04. The maximum atomic E-state index is 11.7. The number of carboxylic acid groups (broad SMARTS) is 1. The molecule has 0 radical (unpaired) electrons. The molecule has 0 saturated heterocycles. The van der Waals surface area contributed by atoms with Crippen molar-refractivity contribution in [2.45, 2.75) is 57.5 Å². The van der Waals surface area contributed by atoms with E-state index < -0.39 is 5.97 Å². The van der Waals surface area contributed by atoms with Gasteiger partial charge in [-0.3, -0.25) is 4.79 Å². The molecule has 0 aliphatic heterocycles. The van der Waals surface area contributed by atoms with Gasteiger partial charge >= 0.3 is 12.0 Å². The molecule has 0 aromatic carbocycles. The Morgan fingerprint density at radius 1 is 1.37 bits per heavy atom. The van der Waals surface area contributed by atoms with Gasteiger partial charge in [-0.25, -0.2) is 4.79 Å². The lowest BCUT2D eigenvalue weighted by Gasteiger charge is -2.29. The van der Waals surface area contributed by atoms with Gasteiger partial charge in [0.05, 0.1) is 0 Å². The summed E-state index contributed by atoms with van der Waals surface area (Å²) in [5.74, 6) is -0.855. The number of hydrogen-bond acceptors (Lipinski definition) is 3. The highest BCUT2D eigenvalue weighted by atomic mass is 16.4. The molecule has 1 saturated carbocycles. The molecule has 1 aliphatic rings. The second kappa shape index (κ2) is 7.99. The number of nitrogens with one attached hydrogen (secondary N) is 2. The average molecular weight is 271 g/mol. The van der Waals surface area contributed by atoms with Gasteiger partial charge in [0.1, 0.15) is 0 Å². The Balaban J connectivity index is 2.28. The Morgan fingerprint density at radius 2 is 2.05 bits per heavy atom. The Bertz CT molecular complexity index is 310. The quantitative estimate of drug-likeness (QED) is 0.579. The summed E-state index contributed by atoms with van der Waals surface area (Å²) in [5, 5.41) is 14.3. The van der Waals surface area contributed by atoms with Crippen LogP contribution in [-0.2, 0) is 4.79 Å². The van der Waals surface area contributed by atoms with Crippen molar-refractivity contribution in [2.75, 3.05) is 6.54 Å². The molecule has 6 heteroatoms. The van der Waals surface area contributed by atoms with Crippen LogP contribution in [0.3, 0.4) is 0 Å². The van der Waals surface area contributed by atoms with Crippen LogP contribution < -0.4 is 16.4 Å². The van der Waals surface area contributed by atoms with Gasteiger partial charge in [-0.05, 0) is 18.8 Å². The van der Waals surface area contributed by atoms with Crippen LogP contribution in [0.5, 0.6) is 0 Å². The van der Waals surface area contributed by atoms with E-state index in [-0.39, 0.29) is 30.5 Å². The fraction of sp³-hybridized carbons (Fsp3) is 0.846. The van der Waals surface area contributed by atoms with Crippen LogP contribution in [0.4, 0.5) is 4.79 Å². The molecule has 3 unspecified atom stereocenters. The minimum absolute atomic E-state index is 0.0247. The van der Waals surface area contributed by atoms with Crippen molar-refractivity contribution < 1.29 is 14.7 Å². The first kappa shape index (κ1) is 15.8. The summed E-state index contributed by atoms with van der Waals surface area (Å²) in [6.07, 6.45) is 4.89. The highest BCUT2D eigenvalue weighted by Crippen LogP contribution is 2.16. The van der Waals surface area contributed by atoms with E-state index in [4.69, 9.17) is 10.8 Å². The minimum atomic E-state index is -0.830. The molecular formula is C13H25N3O3. The molecule has 2 amide bonds. The van der Waals surface area contributed by atoms with E-state index >= 15 is 0 Å². The fourth-order valence-electron chi connectivity index (χ4n) is 2.40. The number of rotatable bonds is 6. The molecule has 110 valence electrons. The largest absolute Gasteiger partial charge is 0.481 e. The summed E-state index contributed by atoms with van der Waals surface area (Å²) in [4.78, 5) is 22.4. The number of urea groups is 1. The van der Waals surface area contributed by atoms with Crippen molar-refractivity contribution in [1.82, 2.24) is 10.6 Å². The van der Waals surface area contributed by atoms with Gasteiger partial charge in [0, 0.05) is 25.0 Å². The van der Waals surface area contributed by atoms with Crippen molar-refractivity contribution >= 4 is 12.0 Å². The van der Waals surface area contributed by atoms with Crippen LogP contribution in [-0.4, -0.2) is 35.7 Å². The van der Waals surface area contributed by atoms with E-state index in [2.05, 4.69) is 10.6 Å². The summed E-state index contributed by atoms with van der Waals surface area (Å²) in [7, 11) is 0. The average Bonchev–Trinajstić information content (AvgIpc) is 2.37. The maximum Gasteiger partial charge on any atom is 0.315 e. The molecule has 19 heavy (non-hydrogen) atoms. The van der Waals surface area contributed by atoms with Gasteiger partial charge in [-0.2, -0.15) is 0 Å². The first-order chi connectivity index (χ1) is 9.02. The Hall–Kier alpha value is -1.30. The smallest absolute Gasteiger partial charge is 0.315 e.